The summed E-state index contributed by atoms with van der Waals surface area (Å²) in [7, 11) is 3.18. The summed E-state index contributed by atoms with van der Waals surface area (Å²) in [6, 6.07) is 14.3. The number of imide groups is 1. The number of benzene rings is 2. The Kier molecular flexibility index (Phi) is 7.05. The normalized spacial score (nSPS) is 14.0. The zero-order valence-electron chi connectivity index (χ0n) is 17.5. The SMILES string of the molecule is COc1ccc(OCCN2C(=O)C(SC(C)C)=C(c3ccc(OC)cc3)C2=O)cc1. The molecule has 6 nitrogen and oxygen atoms in total. The number of thioether (sulfide) groups is 1. The Balaban J connectivity index is 1.75. The Hall–Kier alpha value is -2.93. The van der Waals surface area contributed by atoms with Gasteiger partial charge in [-0.05, 0) is 42.0 Å². The van der Waals surface area contributed by atoms with Gasteiger partial charge < -0.3 is 14.2 Å². The van der Waals surface area contributed by atoms with E-state index in [1.165, 1.54) is 16.7 Å². The van der Waals surface area contributed by atoms with Crippen molar-refractivity contribution in [2.75, 3.05) is 27.4 Å². The summed E-state index contributed by atoms with van der Waals surface area (Å²) >= 11 is 1.41. The molecule has 1 aliphatic rings. The van der Waals surface area contributed by atoms with Gasteiger partial charge in [0.1, 0.15) is 23.9 Å². The van der Waals surface area contributed by atoms with E-state index in [0.29, 0.717) is 27.5 Å². The molecule has 0 radical (unpaired) electrons. The van der Waals surface area contributed by atoms with Gasteiger partial charge >= 0.3 is 0 Å². The summed E-state index contributed by atoms with van der Waals surface area (Å²) in [5, 5.41) is 0.167. The maximum absolute atomic E-state index is 13.1. The molecule has 158 valence electrons. The number of nitrogens with zero attached hydrogens (tertiary/aromatic N) is 1. The van der Waals surface area contributed by atoms with Crippen LogP contribution in [0.3, 0.4) is 0 Å². The molecule has 2 amide bonds. The lowest BCUT2D eigenvalue weighted by atomic mass is 10.1. The molecule has 0 bridgehead atoms. The summed E-state index contributed by atoms with van der Waals surface area (Å²) in [5.74, 6) is 1.50. The van der Waals surface area contributed by atoms with Gasteiger partial charge in [-0.1, -0.05) is 26.0 Å². The number of rotatable bonds is 9. The molecule has 3 rings (SSSR count). The fraction of sp³-hybridized carbons (Fsp3) is 0.304. The highest BCUT2D eigenvalue weighted by atomic mass is 32.2. The number of carbonyl (C=O) groups excluding carboxylic acids is 2. The quantitative estimate of drug-likeness (QED) is 0.564. The van der Waals surface area contributed by atoms with Gasteiger partial charge in [0.15, 0.2) is 0 Å². The molecule has 0 spiro atoms. The zero-order valence-corrected chi connectivity index (χ0v) is 18.3. The Morgan fingerprint density at radius 3 is 1.90 bits per heavy atom. The molecule has 30 heavy (non-hydrogen) atoms. The molecule has 7 heteroatoms. The second kappa shape index (κ2) is 9.71. The minimum absolute atomic E-state index is 0.167. The van der Waals surface area contributed by atoms with Crippen molar-refractivity contribution >= 4 is 29.1 Å². The molecule has 0 fully saturated rings. The fourth-order valence-electron chi connectivity index (χ4n) is 3.04. The average molecular weight is 428 g/mol. The van der Waals surface area contributed by atoms with Gasteiger partial charge in [-0.2, -0.15) is 0 Å². The number of methoxy groups -OCH3 is 2. The summed E-state index contributed by atoms with van der Waals surface area (Å²) in [6.07, 6.45) is 0. The van der Waals surface area contributed by atoms with Crippen LogP contribution in [0.25, 0.3) is 5.57 Å². The molecule has 0 saturated heterocycles. The molecule has 1 aliphatic heterocycles. The lowest BCUT2D eigenvalue weighted by molar-refractivity contribution is -0.136. The van der Waals surface area contributed by atoms with Crippen molar-refractivity contribution in [2.24, 2.45) is 0 Å². The van der Waals surface area contributed by atoms with Crippen LogP contribution in [0.2, 0.25) is 0 Å². The second-order valence-electron chi connectivity index (χ2n) is 6.89. The highest BCUT2D eigenvalue weighted by Gasteiger charge is 2.39. The van der Waals surface area contributed by atoms with Crippen molar-refractivity contribution in [1.82, 2.24) is 4.90 Å². The second-order valence-corrected chi connectivity index (χ2v) is 8.47. The van der Waals surface area contributed by atoms with E-state index in [1.807, 2.05) is 13.8 Å². The van der Waals surface area contributed by atoms with Crippen molar-refractivity contribution in [2.45, 2.75) is 19.1 Å². The third kappa shape index (κ3) is 4.79. The first-order valence-electron chi connectivity index (χ1n) is 9.63. The van der Waals surface area contributed by atoms with Gasteiger partial charge in [0.2, 0.25) is 0 Å². The Bertz CT molecular complexity index is 935. The van der Waals surface area contributed by atoms with Crippen LogP contribution in [-0.2, 0) is 9.59 Å². The molecule has 2 aromatic rings. The first-order chi connectivity index (χ1) is 14.4. The maximum atomic E-state index is 13.1. The molecule has 0 atom stereocenters. The van der Waals surface area contributed by atoms with Crippen LogP contribution >= 0.6 is 11.8 Å². The van der Waals surface area contributed by atoms with Crippen molar-refractivity contribution in [3.05, 3.63) is 59.0 Å². The summed E-state index contributed by atoms with van der Waals surface area (Å²) in [6.45, 7) is 4.37. The smallest absolute Gasteiger partial charge is 0.268 e. The molecule has 2 aromatic carbocycles. The van der Waals surface area contributed by atoms with Crippen LogP contribution in [0, 0.1) is 0 Å². The third-order valence-corrected chi connectivity index (χ3v) is 5.59. The van der Waals surface area contributed by atoms with E-state index in [1.54, 1.807) is 62.8 Å². The van der Waals surface area contributed by atoms with Crippen molar-refractivity contribution in [3.63, 3.8) is 0 Å². The van der Waals surface area contributed by atoms with E-state index < -0.39 is 0 Å². The van der Waals surface area contributed by atoms with Gasteiger partial charge in [0, 0.05) is 5.25 Å². The molecule has 0 aliphatic carbocycles. The van der Waals surface area contributed by atoms with Crippen LogP contribution in [0.15, 0.2) is 53.4 Å². The Labute approximate surface area is 180 Å². The van der Waals surface area contributed by atoms with E-state index >= 15 is 0 Å². The first kappa shape index (κ1) is 21.8. The van der Waals surface area contributed by atoms with Gasteiger partial charge in [0.25, 0.3) is 11.8 Å². The lowest BCUT2D eigenvalue weighted by Gasteiger charge is -2.16. The highest BCUT2D eigenvalue weighted by molar-refractivity contribution is 8.04. The van der Waals surface area contributed by atoms with Crippen molar-refractivity contribution in [3.8, 4) is 17.2 Å². The molecule has 0 N–H and O–H groups in total. The van der Waals surface area contributed by atoms with Crippen LogP contribution in [-0.4, -0.2) is 49.3 Å². The van der Waals surface area contributed by atoms with Gasteiger partial charge in [-0.25, -0.2) is 0 Å². The number of amides is 2. The first-order valence-corrected chi connectivity index (χ1v) is 10.5. The van der Waals surface area contributed by atoms with Crippen molar-refractivity contribution < 1.29 is 23.8 Å². The molecular weight excluding hydrogens is 402 g/mol. The summed E-state index contributed by atoms with van der Waals surface area (Å²) < 4.78 is 16.0. The summed E-state index contributed by atoms with van der Waals surface area (Å²) in [4.78, 5) is 27.9. The van der Waals surface area contributed by atoms with E-state index in [9.17, 15) is 9.59 Å². The maximum Gasteiger partial charge on any atom is 0.268 e. The summed E-state index contributed by atoms with van der Waals surface area (Å²) in [5.41, 5.74) is 1.14. The minimum atomic E-state index is -0.299. The van der Waals surface area contributed by atoms with E-state index in [2.05, 4.69) is 0 Å². The predicted molar refractivity (Wildman–Crippen MR) is 118 cm³/mol. The molecule has 0 saturated carbocycles. The number of hydrogen-bond donors (Lipinski definition) is 0. The zero-order chi connectivity index (χ0) is 21.7. The van der Waals surface area contributed by atoms with E-state index in [0.717, 1.165) is 5.75 Å². The molecule has 0 aromatic heterocycles. The van der Waals surface area contributed by atoms with Crippen LogP contribution in [0.5, 0.6) is 17.2 Å². The average Bonchev–Trinajstić information content (AvgIpc) is 2.98. The fourth-order valence-corrected chi connectivity index (χ4v) is 4.05. The van der Waals surface area contributed by atoms with Crippen LogP contribution < -0.4 is 14.2 Å². The Morgan fingerprint density at radius 1 is 0.833 bits per heavy atom. The highest BCUT2D eigenvalue weighted by Crippen LogP contribution is 2.38. The largest absolute Gasteiger partial charge is 0.497 e. The number of carbonyl (C=O) groups is 2. The lowest BCUT2D eigenvalue weighted by Crippen LogP contribution is -2.35. The number of ether oxygens (including phenoxy) is 3. The predicted octanol–water partition coefficient (Wildman–Crippen LogP) is 4.00. The monoisotopic (exact) mass is 427 g/mol. The molecule has 0 unspecified atom stereocenters. The standard InChI is InChI=1S/C23H25NO5S/c1-15(2)30-21-20(16-5-7-17(27-3)8-6-16)22(25)24(23(21)26)13-14-29-19-11-9-18(28-4)10-12-19/h5-12,15H,13-14H2,1-4H3. The van der Waals surface area contributed by atoms with Crippen molar-refractivity contribution in [1.29, 1.82) is 0 Å². The number of hydrogen-bond acceptors (Lipinski definition) is 6. The molecule has 1 heterocycles. The topological polar surface area (TPSA) is 65.1 Å². The van der Waals surface area contributed by atoms with Gasteiger partial charge in [0.05, 0.1) is 31.2 Å². The Morgan fingerprint density at radius 2 is 1.37 bits per heavy atom. The molecular formula is C23H25NO5S. The van der Waals surface area contributed by atoms with Crippen LogP contribution in [0.4, 0.5) is 0 Å². The van der Waals surface area contributed by atoms with Crippen LogP contribution in [0.1, 0.15) is 19.4 Å². The van der Waals surface area contributed by atoms with Gasteiger partial charge in [-0.3, -0.25) is 14.5 Å². The van der Waals surface area contributed by atoms with E-state index in [-0.39, 0.29) is 30.2 Å². The van der Waals surface area contributed by atoms with Gasteiger partial charge in [-0.15, -0.1) is 11.8 Å². The third-order valence-electron chi connectivity index (χ3n) is 4.50. The minimum Gasteiger partial charge on any atom is -0.497 e. The van der Waals surface area contributed by atoms with E-state index in [4.69, 9.17) is 14.2 Å².